The van der Waals surface area contributed by atoms with Crippen LogP contribution in [0.4, 0.5) is 0 Å². The first-order valence-corrected chi connectivity index (χ1v) is 5.93. The first-order valence-electron chi connectivity index (χ1n) is 5.93. The van der Waals surface area contributed by atoms with Gasteiger partial charge in [0, 0.05) is 13.5 Å². The van der Waals surface area contributed by atoms with Gasteiger partial charge in [-0.3, -0.25) is 4.79 Å². The third-order valence-corrected chi connectivity index (χ3v) is 2.57. The predicted molar refractivity (Wildman–Crippen MR) is 67.7 cm³/mol. The van der Waals surface area contributed by atoms with Crippen LogP contribution in [0.15, 0.2) is 30.3 Å². The fraction of sp³-hybridized carbons (Fsp3) is 0.308. The van der Waals surface area contributed by atoms with Gasteiger partial charge in [-0.2, -0.15) is 5.10 Å². The Morgan fingerprint density at radius 2 is 2.11 bits per heavy atom. The van der Waals surface area contributed by atoms with Crippen molar-refractivity contribution in [3.63, 3.8) is 0 Å². The van der Waals surface area contributed by atoms with E-state index < -0.39 is 5.97 Å². The summed E-state index contributed by atoms with van der Waals surface area (Å²) < 4.78 is 7.18. The van der Waals surface area contributed by atoms with Gasteiger partial charge in [0.25, 0.3) is 0 Å². The molecule has 19 heavy (non-hydrogen) atoms. The fourth-order valence-corrected chi connectivity index (χ4v) is 1.59. The molecule has 6 heteroatoms. The topological polar surface area (TPSA) is 77.2 Å². The highest BCUT2D eigenvalue weighted by molar-refractivity contribution is 5.66. The number of carboxylic acids is 1. The number of carboxylic acid groups (broad SMARTS) is 1. The zero-order valence-corrected chi connectivity index (χ0v) is 10.6. The van der Waals surface area contributed by atoms with Gasteiger partial charge in [-0.1, -0.05) is 18.2 Å². The van der Waals surface area contributed by atoms with Crippen LogP contribution >= 0.6 is 0 Å². The summed E-state index contributed by atoms with van der Waals surface area (Å²) in [7, 11) is 1.76. The second kappa shape index (κ2) is 5.99. The van der Waals surface area contributed by atoms with E-state index in [-0.39, 0.29) is 6.42 Å². The maximum atomic E-state index is 10.5. The van der Waals surface area contributed by atoms with Gasteiger partial charge >= 0.3 is 5.97 Å². The van der Waals surface area contributed by atoms with Crippen molar-refractivity contribution in [3.05, 3.63) is 42.0 Å². The summed E-state index contributed by atoms with van der Waals surface area (Å²) in [6.07, 6.45) is 0.359. The molecule has 2 aromatic rings. The zero-order valence-electron chi connectivity index (χ0n) is 10.6. The lowest BCUT2D eigenvalue weighted by Crippen LogP contribution is -2.04. The van der Waals surface area contributed by atoms with Crippen molar-refractivity contribution in [2.45, 2.75) is 19.4 Å². The molecule has 0 spiro atoms. The second-order valence-corrected chi connectivity index (χ2v) is 4.06. The van der Waals surface area contributed by atoms with Crippen LogP contribution in [0.25, 0.3) is 0 Å². The molecule has 2 rings (SSSR count). The minimum atomic E-state index is -0.852. The Balaban J connectivity index is 1.95. The highest BCUT2D eigenvalue weighted by atomic mass is 16.5. The van der Waals surface area contributed by atoms with Gasteiger partial charge < -0.3 is 9.84 Å². The molecule has 0 aliphatic rings. The Morgan fingerprint density at radius 1 is 1.37 bits per heavy atom. The normalized spacial score (nSPS) is 10.4. The van der Waals surface area contributed by atoms with Crippen LogP contribution in [-0.2, 0) is 24.9 Å². The molecule has 0 radical (unpaired) electrons. The van der Waals surface area contributed by atoms with Gasteiger partial charge in [0.05, 0.1) is 6.42 Å². The number of benzene rings is 1. The standard InChI is InChI=1S/C13H15N3O3/c1-16-12(9-19-10-5-3-2-4-6-10)14-11(15-16)7-8-13(17)18/h2-6H,7-9H2,1H3,(H,17,18). The molecule has 0 unspecified atom stereocenters. The Hall–Kier alpha value is -2.37. The van der Waals surface area contributed by atoms with Crippen LogP contribution in [0, 0.1) is 0 Å². The van der Waals surface area contributed by atoms with Crippen molar-refractivity contribution in [2.24, 2.45) is 7.05 Å². The van der Waals surface area contributed by atoms with Gasteiger partial charge in [-0.15, -0.1) is 0 Å². The van der Waals surface area contributed by atoms with E-state index >= 15 is 0 Å². The van der Waals surface area contributed by atoms with Crippen molar-refractivity contribution in [2.75, 3.05) is 0 Å². The maximum absolute atomic E-state index is 10.5. The molecule has 100 valence electrons. The second-order valence-electron chi connectivity index (χ2n) is 4.06. The van der Waals surface area contributed by atoms with Crippen LogP contribution in [-0.4, -0.2) is 25.8 Å². The Bertz CT molecular complexity index is 552. The Labute approximate surface area is 110 Å². The number of hydrogen-bond donors (Lipinski definition) is 1. The van der Waals surface area contributed by atoms with Gasteiger partial charge in [0.15, 0.2) is 11.6 Å². The summed E-state index contributed by atoms with van der Waals surface area (Å²) >= 11 is 0. The Kier molecular flexibility index (Phi) is 4.12. The monoisotopic (exact) mass is 261 g/mol. The first kappa shape index (κ1) is 13.1. The maximum Gasteiger partial charge on any atom is 0.303 e. The van der Waals surface area contributed by atoms with E-state index in [4.69, 9.17) is 9.84 Å². The number of para-hydroxylation sites is 1. The molecule has 1 N–H and O–H groups in total. The minimum absolute atomic E-state index is 0.0307. The number of hydrogen-bond acceptors (Lipinski definition) is 4. The summed E-state index contributed by atoms with van der Waals surface area (Å²) in [5.41, 5.74) is 0. The molecular weight excluding hydrogens is 246 g/mol. The summed E-state index contributed by atoms with van der Waals surface area (Å²) in [5.74, 6) is 1.10. The van der Waals surface area contributed by atoms with E-state index in [9.17, 15) is 4.79 Å². The molecule has 6 nitrogen and oxygen atoms in total. The van der Waals surface area contributed by atoms with Gasteiger partial charge in [-0.25, -0.2) is 9.67 Å². The van der Waals surface area contributed by atoms with Gasteiger partial charge in [0.2, 0.25) is 0 Å². The predicted octanol–water partition coefficient (Wildman–Crippen LogP) is 1.41. The van der Waals surface area contributed by atoms with Crippen molar-refractivity contribution in [3.8, 4) is 5.75 Å². The highest BCUT2D eigenvalue weighted by Crippen LogP contribution is 2.10. The Morgan fingerprint density at radius 3 is 2.79 bits per heavy atom. The summed E-state index contributed by atoms with van der Waals surface area (Å²) in [5, 5.41) is 12.8. The molecule has 0 fully saturated rings. The fourth-order valence-electron chi connectivity index (χ4n) is 1.59. The van der Waals surface area contributed by atoms with Crippen LogP contribution in [0.3, 0.4) is 0 Å². The number of aryl methyl sites for hydroxylation is 2. The van der Waals surface area contributed by atoms with Crippen LogP contribution < -0.4 is 4.74 Å². The average molecular weight is 261 g/mol. The number of ether oxygens (including phenoxy) is 1. The van der Waals surface area contributed by atoms with Gasteiger partial charge in [-0.05, 0) is 12.1 Å². The number of aliphatic carboxylic acids is 1. The molecule has 0 bridgehead atoms. The van der Waals surface area contributed by atoms with E-state index in [0.29, 0.717) is 24.7 Å². The third-order valence-electron chi connectivity index (χ3n) is 2.57. The summed E-state index contributed by atoms with van der Waals surface area (Å²) in [6.45, 7) is 0.306. The lowest BCUT2D eigenvalue weighted by molar-refractivity contribution is -0.137. The lowest BCUT2D eigenvalue weighted by atomic mass is 10.3. The third kappa shape index (κ3) is 3.80. The van der Waals surface area contributed by atoms with E-state index in [2.05, 4.69) is 10.1 Å². The molecule has 0 aliphatic heterocycles. The molecule has 0 saturated carbocycles. The van der Waals surface area contributed by atoms with E-state index in [0.717, 1.165) is 5.75 Å². The molecule has 1 heterocycles. The number of rotatable bonds is 6. The van der Waals surface area contributed by atoms with Crippen molar-refractivity contribution >= 4 is 5.97 Å². The lowest BCUT2D eigenvalue weighted by Gasteiger charge is -2.04. The molecule has 0 atom stereocenters. The molecule has 1 aromatic carbocycles. The summed E-state index contributed by atoms with van der Waals surface area (Å²) in [6, 6.07) is 9.43. The minimum Gasteiger partial charge on any atom is -0.486 e. The van der Waals surface area contributed by atoms with Crippen LogP contribution in [0.1, 0.15) is 18.1 Å². The van der Waals surface area contributed by atoms with Crippen LogP contribution in [0.2, 0.25) is 0 Å². The number of nitrogens with zero attached hydrogens (tertiary/aromatic N) is 3. The largest absolute Gasteiger partial charge is 0.486 e. The smallest absolute Gasteiger partial charge is 0.303 e. The van der Waals surface area contributed by atoms with E-state index in [1.807, 2.05) is 30.3 Å². The first-order chi connectivity index (χ1) is 9.15. The summed E-state index contributed by atoms with van der Waals surface area (Å²) in [4.78, 5) is 14.7. The SMILES string of the molecule is Cn1nc(CCC(=O)O)nc1COc1ccccc1. The molecule has 0 amide bonds. The van der Waals surface area contributed by atoms with Crippen molar-refractivity contribution in [1.82, 2.24) is 14.8 Å². The van der Waals surface area contributed by atoms with Crippen molar-refractivity contribution in [1.29, 1.82) is 0 Å². The van der Waals surface area contributed by atoms with Crippen molar-refractivity contribution < 1.29 is 14.6 Å². The highest BCUT2D eigenvalue weighted by Gasteiger charge is 2.09. The molecule has 0 aliphatic carbocycles. The number of carbonyl (C=O) groups is 1. The van der Waals surface area contributed by atoms with E-state index in [1.54, 1.807) is 11.7 Å². The molecular formula is C13H15N3O3. The molecule has 1 aromatic heterocycles. The molecule has 0 saturated heterocycles. The van der Waals surface area contributed by atoms with Gasteiger partial charge in [0.1, 0.15) is 12.4 Å². The van der Waals surface area contributed by atoms with E-state index in [1.165, 1.54) is 0 Å². The number of aromatic nitrogens is 3. The average Bonchev–Trinajstić information content (AvgIpc) is 2.76. The quantitative estimate of drug-likeness (QED) is 0.850. The zero-order chi connectivity index (χ0) is 13.7. The van der Waals surface area contributed by atoms with Crippen LogP contribution in [0.5, 0.6) is 5.75 Å².